The highest BCUT2D eigenvalue weighted by molar-refractivity contribution is 5.95. The van der Waals surface area contributed by atoms with Gasteiger partial charge in [-0.15, -0.1) is 0 Å². The molecular formula is C14H19N3O2. The minimum Gasteiger partial charge on any atom is -0.343 e. The number of aromatic nitrogens is 1. The van der Waals surface area contributed by atoms with E-state index in [4.69, 9.17) is 0 Å². The van der Waals surface area contributed by atoms with E-state index >= 15 is 0 Å². The molecule has 2 amide bonds. The largest absolute Gasteiger partial charge is 0.343 e. The van der Waals surface area contributed by atoms with Crippen LogP contribution in [0.25, 0.3) is 0 Å². The van der Waals surface area contributed by atoms with Crippen molar-refractivity contribution >= 4 is 11.8 Å². The lowest BCUT2D eigenvalue weighted by atomic mass is 10.0. The van der Waals surface area contributed by atoms with E-state index in [1.165, 1.54) is 0 Å². The van der Waals surface area contributed by atoms with Crippen molar-refractivity contribution in [2.75, 3.05) is 6.54 Å². The molecule has 1 N–H and O–H groups in total. The van der Waals surface area contributed by atoms with Gasteiger partial charge in [-0.1, -0.05) is 19.4 Å². The molecule has 1 aliphatic rings. The van der Waals surface area contributed by atoms with Gasteiger partial charge in [0.15, 0.2) is 0 Å². The number of piperazine rings is 1. The molecule has 2 atom stereocenters. The van der Waals surface area contributed by atoms with Crippen molar-refractivity contribution < 1.29 is 9.59 Å². The molecule has 0 saturated carbocycles. The van der Waals surface area contributed by atoms with Gasteiger partial charge >= 0.3 is 0 Å². The van der Waals surface area contributed by atoms with E-state index in [2.05, 4.69) is 10.3 Å². The minimum absolute atomic E-state index is 0.00203. The Morgan fingerprint density at radius 3 is 2.95 bits per heavy atom. The molecule has 2 heterocycles. The van der Waals surface area contributed by atoms with Crippen molar-refractivity contribution in [1.29, 1.82) is 0 Å². The highest BCUT2D eigenvalue weighted by Gasteiger charge is 2.34. The summed E-state index contributed by atoms with van der Waals surface area (Å²) >= 11 is 0. The first-order valence-electron chi connectivity index (χ1n) is 6.63. The fraction of sp³-hybridized carbons (Fsp3) is 0.500. The molecule has 0 bridgehead atoms. The van der Waals surface area contributed by atoms with Crippen LogP contribution in [-0.2, 0) is 9.59 Å². The van der Waals surface area contributed by atoms with Gasteiger partial charge in [0, 0.05) is 12.4 Å². The van der Waals surface area contributed by atoms with Crippen LogP contribution in [0.2, 0.25) is 0 Å². The highest BCUT2D eigenvalue weighted by Crippen LogP contribution is 2.22. The number of rotatable bonds is 4. The molecule has 0 aromatic carbocycles. The van der Waals surface area contributed by atoms with Crippen molar-refractivity contribution in [2.24, 2.45) is 0 Å². The molecule has 0 spiro atoms. The normalized spacial score (nSPS) is 21.2. The van der Waals surface area contributed by atoms with Crippen LogP contribution in [-0.4, -0.2) is 34.3 Å². The Morgan fingerprint density at radius 1 is 1.53 bits per heavy atom. The second-order valence-electron chi connectivity index (χ2n) is 4.84. The lowest BCUT2D eigenvalue weighted by Crippen LogP contribution is -2.58. The van der Waals surface area contributed by atoms with Gasteiger partial charge in [-0.3, -0.25) is 14.6 Å². The first-order valence-corrected chi connectivity index (χ1v) is 6.63. The van der Waals surface area contributed by atoms with Crippen molar-refractivity contribution in [2.45, 2.75) is 38.8 Å². The Morgan fingerprint density at radius 2 is 2.32 bits per heavy atom. The number of hydrogen-bond donors (Lipinski definition) is 1. The maximum atomic E-state index is 12.4. The van der Waals surface area contributed by atoms with Gasteiger partial charge in [-0.2, -0.15) is 0 Å². The highest BCUT2D eigenvalue weighted by atomic mass is 16.2. The third-order valence-corrected chi connectivity index (χ3v) is 3.44. The average Bonchev–Trinajstić information content (AvgIpc) is 2.43. The number of nitrogens with one attached hydrogen (secondary N) is 1. The van der Waals surface area contributed by atoms with Crippen LogP contribution in [0.15, 0.2) is 24.5 Å². The fourth-order valence-corrected chi connectivity index (χ4v) is 2.35. The van der Waals surface area contributed by atoms with E-state index in [9.17, 15) is 9.59 Å². The van der Waals surface area contributed by atoms with Crippen LogP contribution in [0.4, 0.5) is 0 Å². The monoisotopic (exact) mass is 261 g/mol. The summed E-state index contributed by atoms with van der Waals surface area (Å²) in [5.41, 5.74) is 0.945. The van der Waals surface area contributed by atoms with E-state index in [-0.39, 0.29) is 30.4 Å². The van der Waals surface area contributed by atoms with Crippen molar-refractivity contribution in [3.8, 4) is 0 Å². The van der Waals surface area contributed by atoms with Gasteiger partial charge in [0.25, 0.3) is 0 Å². The molecule has 5 nitrogen and oxygen atoms in total. The lowest BCUT2D eigenvalue weighted by Gasteiger charge is -2.36. The summed E-state index contributed by atoms with van der Waals surface area (Å²) < 4.78 is 0. The zero-order chi connectivity index (χ0) is 13.8. The Labute approximate surface area is 113 Å². The average molecular weight is 261 g/mol. The maximum Gasteiger partial charge on any atom is 0.246 e. The number of nitrogens with zero attached hydrogens (tertiary/aromatic N) is 2. The van der Waals surface area contributed by atoms with E-state index < -0.39 is 0 Å². The van der Waals surface area contributed by atoms with Crippen molar-refractivity contribution in [3.63, 3.8) is 0 Å². The van der Waals surface area contributed by atoms with Gasteiger partial charge in [0.05, 0.1) is 6.04 Å². The Balaban J connectivity index is 2.18. The molecule has 1 aromatic rings. The Kier molecular flexibility index (Phi) is 4.14. The molecule has 1 aromatic heterocycles. The van der Waals surface area contributed by atoms with Crippen LogP contribution in [0.3, 0.4) is 0 Å². The van der Waals surface area contributed by atoms with E-state index in [1.807, 2.05) is 26.0 Å². The predicted octanol–water partition coefficient (Wildman–Crippen LogP) is 1.27. The summed E-state index contributed by atoms with van der Waals surface area (Å²) in [6.45, 7) is 4.05. The Bertz CT molecular complexity index is 461. The van der Waals surface area contributed by atoms with Crippen LogP contribution >= 0.6 is 0 Å². The second kappa shape index (κ2) is 5.82. The summed E-state index contributed by atoms with van der Waals surface area (Å²) in [5, 5.41) is 2.76. The maximum absolute atomic E-state index is 12.4. The standard InChI is InChI=1S/C14H19N3O2/c1-3-5-12-14(19)17(9-13(18)16-12)10(2)11-6-4-7-15-8-11/h4,6-8,10,12H,3,5,9H2,1-2H3,(H,16,18). The summed E-state index contributed by atoms with van der Waals surface area (Å²) in [7, 11) is 0. The minimum atomic E-state index is -0.384. The van der Waals surface area contributed by atoms with Crippen LogP contribution < -0.4 is 5.32 Å². The third-order valence-electron chi connectivity index (χ3n) is 3.44. The van der Waals surface area contributed by atoms with Gasteiger partial charge in [-0.05, 0) is 25.0 Å². The third kappa shape index (κ3) is 2.92. The van der Waals surface area contributed by atoms with Crippen molar-refractivity contribution in [1.82, 2.24) is 15.2 Å². The molecule has 2 rings (SSSR count). The predicted molar refractivity (Wildman–Crippen MR) is 71.2 cm³/mol. The first-order chi connectivity index (χ1) is 9.13. The number of pyridine rings is 1. The van der Waals surface area contributed by atoms with Crippen LogP contribution in [0.5, 0.6) is 0 Å². The van der Waals surface area contributed by atoms with Crippen molar-refractivity contribution in [3.05, 3.63) is 30.1 Å². The molecule has 0 aliphatic carbocycles. The topological polar surface area (TPSA) is 62.3 Å². The zero-order valence-corrected chi connectivity index (χ0v) is 11.3. The van der Waals surface area contributed by atoms with Gasteiger partial charge < -0.3 is 10.2 Å². The fourth-order valence-electron chi connectivity index (χ4n) is 2.35. The summed E-state index contributed by atoms with van der Waals surface area (Å²) in [6, 6.07) is 3.24. The van der Waals surface area contributed by atoms with Crippen LogP contribution in [0, 0.1) is 0 Å². The quantitative estimate of drug-likeness (QED) is 0.887. The molecule has 1 saturated heterocycles. The van der Waals surface area contributed by atoms with Gasteiger partial charge in [0.2, 0.25) is 11.8 Å². The van der Waals surface area contributed by atoms with Gasteiger partial charge in [-0.25, -0.2) is 0 Å². The zero-order valence-electron chi connectivity index (χ0n) is 11.3. The van der Waals surface area contributed by atoms with E-state index in [1.54, 1.807) is 17.3 Å². The van der Waals surface area contributed by atoms with Crippen LogP contribution in [0.1, 0.15) is 38.3 Å². The summed E-state index contributed by atoms with van der Waals surface area (Å²) in [5.74, 6) is -0.0911. The molecule has 5 heteroatoms. The molecule has 1 fully saturated rings. The molecule has 19 heavy (non-hydrogen) atoms. The molecule has 0 radical (unpaired) electrons. The first kappa shape index (κ1) is 13.5. The number of amides is 2. The number of carbonyl (C=O) groups is 2. The summed E-state index contributed by atoms with van der Waals surface area (Å²) in [6.07, 6.45) is 4.98. The second-order valence-corrected chi connectivity index (χ2v) is 4.84. The summed E-state index contributed by atoms with van der Waals surface area (Å²) in [4.78, 5) is 29.8. The van der Waals surface area contributed by atoms with Gasteiger partial charge in [0.1, 0.15) is 12.6 Å². The SMILES string of the molecule is CCCC1NC(=O)CN(C(C)c2cccnc2)C1=O. The smallest absolute Gasteiger partial charge is 0.246 e. The number of carbonyl (C=O) groups excluding carboxylic acids is 2. The van der Waals surface area contributed by atoms with E-state index in [0.29, 0.717) is 6.42 Å². The lowest BCUT2D eigenvalue weighted by molar-refractivity contribution is -0.146. The molecule has 1 aliphatic heterocycles. The Hall–Kier alpha value is -1.91. The molecular weight excluding hydrogens is 242 g/mol. The van der Waals surface area contributed by atoms with E-state index in [0.717, 1.165) is 12.0 Å². The molecule has 102 valence electrons. The number of hydrogen-bond acceptors (Lipinski definition) is 3. The molecule has 2 unspecified atom stereocenters.